The predicted octanol–water partition coefficient (Wildman–Crippen LogP) is 0.536. The van der Waals surface area contributed by atoms with Gasteiger partial charge in [-0.3, -0.25) is 14.8 Å². The first-order chi connectivity index (χ1) is 9.90. The molecule has 1 fully saturated rings. The Morgan fingerprint density at radius 1 is 1.62 bits per heavy atom. The van der Waals surface area contributed by atoms with Crippen molar-refractivity contribution in [3.05, 3.63) is 21.5 Å². The van der Waals surface area contributed by atoms with Gasteiger partial charge in [-0.2, -0.15) is 5.10 Å². The molecule has 2 heterocycles. The van der Waals surface area contributed by atoms with Gasteiger partial charge in [-0.1, -0.05) is 0 Å². The van der Waals surface area contributed by atoms with Crippen LogP contribution in [0.5, 0.6) is 0 Å². The normalized spacial score (nSPS) is 23.4. The molecule has 0 aliphatic carbocycles. The minimum atomic E-state index is -0.657. The maximum absolute atomic E-state index is 10.9. The van der Waals surface area contributed by atoms with Crippen molar-refractivity contribution in [1.29, 1.82) is 0 Å². The molecule has 0 aromatic carbocycles. The SMILES string of the molecule is Cc1nn(CC(O)CNC2CCOC2C)c(C)c1[N+](=O)[O-]. The Labute approximate surface area is 123 Å². The molecule has 2 rings (SSSR count). The summed E-state index contributed by atoms with van der Waals surface area (Å²) < 4.78 is 6.94. The molecule has 1 aromatic rings. The molecule has 0 radical (unpaired) electrons. The van der Waals surface area contributed by atoms with E-state index in [2.05, 4.69) is 10.4 Å². The topological polar surface area (TPSA) is 102 Å². The van der Waals surface area contributed by atoms with Crippen molar-refractivity contribution < 1.29 is 14.8 Å². The first kappa shape index (κ1) is 15.9. The highest BCUT2D eigenvalue weighted by Gasteiger charge is 2.25. The smallest absolute Gasteiger partial charge is 0.312 e. The fourth-order valence-electron chi connectivity index (χ4n) is 2.68. The van der Waals surface area contributed by atoms with E-state index in [9.17, 15) is 15.2 Å². The van der Waals surface area contributed by atoms with Gasteiger partial charge in [-0.05, 0) is 27.2 Å². The zero-order valence-electron chi connectivity index (χ0n) is 12.6. The highest BCUT2D eigenvalue weighted by Crippen LogP contribution is 2.21. The number of nitro groups is 1. The lowest BCUT2D eigenvalue weighted by Crippen LogP contribution is -2.40. The van der Waals surface area contributed by atoms with Gasteiger partial charge in [0.1, 0.15) is 11.4 Å². The Balaban J connectivity index is 1.92. The van der Waals surface area contributed by atoms with Crippen molar-refractivity contribution in [2.45, 2.75) is 52.0 Å². The predicted molar refractivity (Wildman–Crippen MR) is 76.2 cm³/mol. The Kier molecular flexibility index (Phi) is 4.92. The fourth-order valence-corrected chi connectivity index (χ4v) is 2.68. The third kappa shape index (κ3) is 3.58. The van der Waals surface area contributed by atoms with Gasteiger partial charge in [0.15, 0.2) is 0 Å². The minimum Gasteiger partial charge on any atom is -0.390 e. The van der Waals surface area contributed by atoms with Crippen LogP contribution in [0.25, 0.3) is 0 Å². The second-order valence-corrected chi connectivity index (χ2v) is 5.49. The molecule has 1 aliphatic heterocycles. The van der Waals surface area contributed by atoms with E-state index in [4.69, 9.17) is 4.74 Å². The molecule has 3 atom stereocenters. The summed E-state index contributed by atoms with van der Waals surface area (Å²) in [6.45, 7) is 6.62. The van der Waals surface area contributed by atoms with Crippen molar-refractivity contribution >= 4 is 5.69 Å². The number of aryl methyl sites for hydroxylation is 1. The monoisotopic (exact) mass is 298 g/mol. The molecule has 118 valence electrons. The molecule has 0 saturated carbocycles. The zero-order chi connectivity index (χ0) is 15.6. The number of aromatic nitrogens is 2. The van der Waals surface area contributed by atoms with Crippen LogP contribution in [0.4, 0.5) is 5.69 Å². The number of rotatable bonds is 6. The summed E-state index contributed by atoms with van der Waals surface area (Å²) in [5.74, 6) is 0. The fraction of sp³-hybridized carbons (Fsp3) is 0.769. The van der Waals surface area contributed by atoms with E-state index >= 15 is 0 Å². The number of ether oxygens (including phenoxy) is 1. The van der Waals surface area contributed by atoms with E-state index in [0.717, 1.165) is 13.0 Å². The first-order valence-electron chi connectivity index (χ1n) is 7.11. The summed E-state index contributed by atoms with van der Waals surface area (Å²) in [6.07, 6.45) is 0.418. The Morgan fingerprint density at radius 2 is 2.33 bits per heavy atom. The summed E-state index contributed by atoms with van der Waals surface area (Å²) in [5, 5.41) is 28.4. The van der Waals surface area contributed by atoms with Crippen molar-refractivity contribution in [2.75, 3.05) is 13.2 Å². The third-order valence-corrected chi connectivity index (χ3v) is 3.90. The summed E-state index contributed by atoms with van der Waals surface area (Å²) in [4.78, 5) is 10.5. The first-order valence-corrected chi connectivity index (χ1v) is 7.11. The quantitative estimate of drug-likeness (QED) is 0.587. The van der Waals surface area contributed by atoms with E-state index in [1.165, 1.54) is 4.68 Å². The molecule has 0 spiro atoms. The molecule has 0 amide bonds. The summed E-state index contributed by atoms with van der Waals surface area (Å²) in [5.41, 5.74) is 0.859. The van der Waals surface area contributed by atoms with Crippen molar-refractivity contribution in [2.24, 2.45) is 0 Å². The van der Waals surface area contributed by atoms with Crippen LogP contribution >= 0.6 is 0 Å². The van der Waals surface area contributed by atoms with Crippen LogP contribution in [0.2, 0.25) is 0 Å². The second-order valence-electron chi connectivity index (χ2n) is 5.49. The Hall–Kier alpha value is -1.51. The highest BCUT2D eigenvalue weighted by molar-refractivity contribution is 5.39. The van der Waals surface area contributed by atoms with Crippen LogP contribution in [0.15, 0.2) is 0 Å². The molecular formula is C13H22N4O4. The van der Waals surface area contributed by atoms with Gasteiger partial charge < -0.3 is 15.2 Å². The molecule has 0 bridgehead atoms. The van der Waals surface area contributed by atoms with Gasteiger partial charge in [0, 0.05) is 19.2 Å². The molecule has 8 nitrogen and oxygen atoms in total. The van der Waals surface area contributed by atoms with Crippen LogP contribution in [0.3, 0.4) is 0 Å². The molecule has 21 heavy (non-hydrogen) atoms. The van der Waals surface area contributed by atoms with Crippen LogP contribution < -0.4 is 5.32 Å². The second kappa shape index (κ2) is 6.50. The van der Waals surface area contributed by atoms with Crippen LogP contribution in [-0.4, -0.2) is 51.2 Å². The standard InChI is InChI=1S/C13H22N4O4/c1-8-13(17(19)20)9(2)16(15-8)7-11(18)6-14-12-4-5-21-10(12)3/h10-12,14,18H,4-7H2,1-3H3. The lowest BCUT2D eigenvalue weighted by Gasteiger charge is -2.19. The number of aliphatic hydroxyl groups is 1. The van der Waals surface area contributed by atoms with Crippen molar-refractivity contribution in [1.82, 2.24) is 15.1 Å². The number of hydrogen-bond acceptors (Lipinski definition) is 6. The molecule has 8 heteroatoms. The zero-order valence-corrected chi connectivity index (χ0v) is 12.6. The summed E-state index contributed by atoms with van der Waals surface area (Å²) in [7, 11) is 0. The average Bonchev–Trinajstić information content (AvgIpc) is 2.91. The molecule has 1 aromatic heterocycles. The molecule has 2 N–H and O–H groups in total. The highest BCUT2D eigenvalue weighted by atomic mass is 16.6. The van der Waals surface area contributed by atoms with E-state index in [1.807, 2.05) is 6.92 Å². The Morgan fingerprint density at radius 3 is 2.86 bits per heavy atom. The third-order valence-electron chi connectivity index (χ3n) is 3.90. The maximum atomic E-state index is 10.9. The van der Waals surface area contributed by atoms with Gasteiger partial charge in [-0.25, -0.2) is 0 Å². The molecule has 1 saturated heterocycles. The van der Waals surface area contributed by atoms with Crippen molar-refractivity contribution in [3.8, 4) is 0 Å². The van der Waals surface area contributed by atoms with Crippen LogP contribution in [0, 0.1) is 24.0 Å². The lowest BCUT2D eigenvalue weighted by molar-refractivity contribution is -0.386. The maximum Gasteiger partial charge on any atom is 0.312 e. The number of hydrogen-bond donors (Lipinski definition) is 2. The van der Waals surface area contributed by atoms with Crippen LogP contribution in [0.1, 0.15) is 24.7 Å². The van der Waals surface area contributed by atoms with Gasteiger partial charge in [0.25, 0.3) is 0 Å². The van der Waals surface area contributed by atoms with Crippen LogP contribution in [-0.2, 0) is 11.3 Å². The van der Waals surface area contributed by atoms with E-state index in [1.54, 1.807) is 13.8 Å². The largest absolute Gasteiger partial charge is 0.390 e. The minimum absolute atomic E-state index is 0.0213. The van der Waals surface area contributed by atoms with E-state index < -0.39 is 11.0 Å². The van der Waals surface area contributed by atoms with Crippen molar-refractivity contribution in [3.63, 3.8) is 0 Å². The van der Waals surface area contributed by atoms with Gasteiger partial charge in [0.05, 0.1) is 23.7 Å². The Bertz CT molecular complexity index is 517. The molecule has 1 aliphatic rings. The lowest BCUT2D eigenvalue weighted by atomic mass is 10.1. The average molecular weight is 298 g/mol. The van der Waals surface area contributed by atoms with E-state index in [0.29, 0.717) is 17.9 Å². The molecule has 3 unspecified atom stereocenters. The summed E-state index contributed by atoms with van der Waals surface area (Å²) >= 11 is 0. The summed E-state index contributed by atoms with van der Waals surface area (Å²) in [6, 6.07) is 0.245. The number of aliphatic hydroxyl groups excluding tert-OH is 1. The number of nitrogens with zero attached hydrogens (tertiary/aromatic N) is 3. The van der Waals surface area contributed by atoms with Gasteiger partial charge in [0.2, 0.25) is 0 Å². The number of nitrogens with one attached hydrogen (secondary N) is 1. The van der Waals surface area contributed by atoms with Gasteiger partial charge >= 0.3 is 5.69 Å². The van der Waals surface area contributed by atoms with E-state index in [-0.39, 0.29) is 24.4 Å². The van der Waals surface area contributed by atoms with Gasteiger partial charge in [-0.15, -0.1) is 0 Å². The molecular weight excluding hydrogens is 276 g/mol.